The number of carbonyl (C=O) groups is 3. The fourth-order valence-corrected chi connectivity index (χ4v) is 3.46. The first kappa shape index (κ1) is 19.7. The van der Waals surface area contributed by atoms with Gasteiger partial charge in [0, 0.05) is 28.7 Å². The Morgan fingerprint density at radius 1 is 0.964 bits per heavy atom. The van der Waals surface area contributed by atoms with Crippen LogP contribution < -0.4 is 5.32 Å². The molecule has 1 aliphatic rings. The summed E-state index contributed by atoms with van der Waals surface area (Å²) in [4.78, 5) is 37.5. The number of rotatable bonds is 7. The van der Waals surface area contributed by atoms with Crippen LogP contribution >= 0.6 is 0 Å². The molecule has 1 atom stereocenters. The van der Waals surface area contributed by atoms with E-state index in [2.05, 4.69) is 5.32 Å². The van der Waals surface area contributed by atoms with E-state index in [9.17, 15) is 19.5 Å². The molecule has 0 saturated carbocycles. The summed E-state index contributed by atoms with van der Waals surface area (Å²) in [6.45, 7) is 1.48. The molecule has 5 heteroatoms. The van der Waals surface area contributed by atoms with Crippen LogP contribution in [0, 0.1) is 0 Å². The van der Waals surface area contributed by atoms with E-state index in [1.54, 1.807) is 31.2 Å². The number of allylic oxidation sites excluding steroid dienone is 2. The number of fused-ring (bicyclic) bond motifs is 1. The molecule has 0 fully saturated rings. The maximum Gasteiger partial charge on any atom is 0.220 e. The average molecular weight is 377 g/mol. The molecule has 0 bridgehead atoms. The Kier molecular flexibility index (Phi) is 6.16. The molecule has 1 aliphatic carbocycles. The van der Waals surface area contributed by atoms with Crippen LogP contribution in [0.5, 0.6) is 0 Å². The van der Waals surface area contributed by atoms with Crippen LogP contribution in [0.4, 0.5) is 0 Å². The smallest absolute Gasteiger partial charge is 0.220 e. The van der Waals surface area contributed by atoms with Crippen molar-refractivity contribution in [3.05, 3.63) is 82.4 Å². The highest BCUT2D eigenvalue weighted by Crippen LogP contribution is 2.28. The summed E-state index contributed by atoms with van der Waals surface area (Å²) < 4.78 is 0. The molecule has 0 unspecified atom stereocenters. The fraction of sp³-hybridized carbons (Fsp3) is 0.261. The van der Waals surface area contributed by atoms with Gasteiger partial charge in [-0.1, -0.05) is 54.6 Å². The molecule has 2 N–H and O–H groups in total. The molecule has 1 amide bonds. The number of Topliss-reactive ketones (excluding diaryl/α,β-unsaturated/α-hetero) is 2. The molecular formula is C23H23NO4. The molecule has 0 spiro atoms. The number of carbonyl (C=O) groups excluding carboxylic acids is 3. The normalized spacial score (nSPS) is 14.6. The molecule has 5 nitrogen and oxygen atoms in total. The summed E-state index contributed by atoms with van der Waals surface area (Å²) in [6, 6.07) is 15.6. The lowest BCUT2D eigenvalue weighted by Gasteiger charge is -2.19. The van der Waals surface area contributed by atoms with Gasteiger partial charge >= 0.3 is 0 Å². The second-order valence-electron chi connectivity index (χ2n) is 6.87. The zero-order valence-electron chi connectivity index (χ0n) is 15.8. The molecule has 0 radical (unpaired) electrons. The molecule has 0 saturated heterocycles. The Balaban J connectivity index is 1.60. The number of hydrogen-bond acceptors (Lipinski definition) is 4. The van der Waals surface area contributed by atoms with Crippen LogP contribution in [-0.2, 0) is 4.79 Å². The highest BCUT2D eigenvalue weighted by molar-refractivity contribution is 6.26. The van der Waals surface area contributed by atoms with Crippen molar-refractivity contribution < 1.29 is 19.5 Å². The van der Waals surface area contributed by atoms with Crippen molar-refractivity contribution in [3.63, 3.8) is 0 Å². The molecule has 0 aromatic heterocycles. The van der Waals surface area contributed by atoms with Crippen LogP contribution in [0.3, 0.4) is 0 Å². The summed E-state index contributed by atoms with van der Waals surface area (Å²) in [5.41, 5.74) is 2.66. The molecule has 144 valence electrons. The Morgan fingerprint density at radius 2 is 1.57 bits per heavy atom. The van der Waals surface area contributed by atoms with E-state index in [4.69, 9.17) is 0 Å². The number of benzene rings is 2. The largest absolute Gasteiger partial charge is 0.394 e. The zero-order valence-corrected chi connectivity index (χ0v) is 15.8. The van der Waals surface area contributed by atoms with E-state index in [1.807, 2.05) is 30.3 Å². The Bertz CT molecular complexity index is 931. The number of hydrogen-bond donors (Lipinski definition) is 2. The van der Waals surface area contributed by atoms with Crippen molar-refractivity contribution in [2.75, 3.05) is 6.61 Å². The molecule has 3 rings (SSSR count). The minimum Gasteiger partial charge on any atom is -0.394 e. The van der Waals surface area contributed by atoms with E-state index in [0.29, 0.717) is 35.1 Å². The third-order valence-corrected chi connectivity index (χ3v) is 5.03. The predicted molar refractivity (Wildman–Crippen MR) is 106 cm³/mol. The minimum atomic E-state index is -0.459. The van der Waals surface area contributed by atoms with Gasteiger partial charge < -0.3 is 10.4 Å². The van der Waals surface area contributed by atoms with Crippen molar-refractivity contribution in [2.45, 2.75) is 32.2 Å². The maximum atomic E-state index is 12.7. The van der Waals surface area contributed by atoms with E-state index in [-0.39, 0.29) is 30.5 Å². The van der Waals surface area contributed by atoms with Gasteiger partial charge in [0.2, 0.25) is 5.91 Å². The van der Waals surface area contributed by atoms with Gasteiger partial charge in [-0.3, -0.25) is 14.4 Å². The SMILES string of the molecule is CC1=C(CCCC(=O)N[C@H](CO)c2ccccc2)C(=O)c2ccccc2C1=O. The second-order valence-corrected chi connectivity index (χ2v) is 6.87. The third-order valence-electron chi connectivity index (χ3n) is 5.03. The number of aliphatic hydroxyl groups excluding tert-OH is 1. The Morgan fingerprint density at radius 3 is 2.21 bits per heavy atom. The van der Waals surface area contributed by atoms with Crippen LogP contribution in [0.2, 0.25) is 0 Å². The lowest BCUT2D eigenvalue weighted by molar-refractivity contribution is -0.122. The summed E-state index contributed by atoms with van der Waals surface area (Å²) in [6.07, 6.45) is 1.03. The zero-order chi connectivity index (χ0) is 20.1. The molecular weight excluding hydrogens is 354 g/mol. The van der Waals surface area contributed by atoms with Crippen molar-refractivity contribution in [2.24, 2.45) is 0 Å². The molecule has 2 aromatic carbocycles. The van der Waals surface area contributed by atoms with E-state index in [0.717, 1.165) is 5.56 Å². The fourth-order valence-electron chi connectivity index (χ4n) is 3.46. The van der Waals surface area contributed by atoms with Crippen LogP contribution in [0.15, 0.2) is 65.7 Å². The molecule has 0 heterocycles. The van der Waals surface area contributed by atoms with Gasteiger partial charge in [-0.15, -0.1) is 0 Å². The highest BCUT2D eigenvalue weighted by atomic mass is 16.3. The first-order valence-electron chi connectivity index (χ1n) is 9.36. The van der Waals surface area contributed by atoms with Crippen LogP contribution in [-0.4, -0.2) is 29.2 Å². The number of amides is 1. The van der Waals surface area contributed by atoms with Crippen molar-refractivity contribution in [1.82, 2.24) is 5.32 Å². The minimum absolute atomic E-state index is 0.126. The average Bonchev–Trinajstić information content (AvgIpc) is 2.73. The monoisotopic (exact) mass is 377 g/mol. The quantitative estimate of drug-likeness (QED) is 0.775. The second kappa shape index (κ2) is 8.76. The topological polar surface area (TPSA) is 83.5 Å². The van der Waals surface area contributed by atoms with E-state index in [1.165, 1.54) is 0 Å². The van der Waals surface area contributed by atoms with Gasteiger partial charge in [-0.05, 0) is 25.3 Å². The van der Waals surface area contributed by atoms with Crippen molar-refractivity contribution in [1.29, 1.82) is 0 Å². The molecule has 0 aliphatic heterocycles. The summed E-state index contributed by atoms with van der Waals surface area (Å²) >= 11 is 0. The van der Waals surface area contributed by atoms with Gasteiger partial charge in [-0.25, -0.2) is 0 Å². The maximum absolute atomic E-state index is 12.7. The highest BCUT2D eigenvalue weighted by Gasteiger charge is 2.29. The van der Waals surface area contributed by atoms with E-state index < -0.39 is 6.04 Å². The number of nitrogens with one attached hydrogen (secondary N) is 1. The predicted octanol–water partition coefficient (Wildman–Crippen LogP) is 3.40. The van der Waals surface area contributed by atoms with Gasteiger partial charge in [-0.2, -0.15) is 0 Å². The summed E-state index contributed by atoms with van der Waals surface area (Å²) in [5, 5.41) is 12.4. The van der Waals surface area contributed by atoms with Crippen LogP contribution in [0.25, 0.3) is 0 Å². The van der Waals surface area contributed by atoms with Gasteiger partial charge in [0.05, 0.1) is 12.6 Å². The third kappa shape index (κ3) is 4.10. The van der Waals surface area contributed by atoms with Gasteiger partial charge in [0.25, 0.3) is 0 Å². The molecule has 2 aromatic rings. The summed E-state index contributed by atoms with van der Waals surface area (Å²) in [7, 11) is 0. The van der Waals surface area contributed by atoms with Crippen LogP contribution in [0.1, 0.15) is 58.5 Å². The van der Waals surface area contributed by atoms with Crippen molar-refractivity contribution in [3.8, 4) is 0 Å². The number of aliphatic hydroxyl groups is 1. The standard InChI is InChI=1S/C23H23NO4/c1-15-17(23(28)19-11-6-5-10-18(19)22(15)27)12-7-13-21(26)24-20(14-25)16-8-3-2-4-9-16/h2-6,8-11,20,25H,7,12-14H2,1H3,(H,24,26)/t20-/m1/s1. The molecule has 28 heavy (non-hydrogen) atoms. The lowest BCUT2D eigenvalue weighted by atomic mass is 9.83. The van der Waals surface area contributed by atoms with Gasteiger partial charge in [0.15, 0.2) is 11.6 Å². The van der Waals surface area contributed by atoms with Crippen molar-refractivity contribution >= 4 is 17.5 Å². The Labute approximate surface area is 164 Å². The first-order valence-corrected chi connectivity index (χ1v) is 9.36. The Hall–Kier alpha value is -3.05. The first-order chi connectivity index (χ1) is 13.5. The number of ketones is 2. The summed E-state index contributed by atoms with van der Waals surface area (Å²) in [5.74, 6) is -0.458. The van der Waals surface area contributed by atoms with E-state index >= 15 is 0 Å². The lowest BCUT2D eigenvalue weighted by Crippen LogP contribution is -2.30. The van der Waals surface area contributed by atoms with Gasteiger partial charge in [0.1, 0.15) is 0 Å².